The normalized spacial score (nSPS) is 11.8. The van der Waals surface area contributed by atoms with E-state index < -0.39 is 0 Å². The van der Waals surface area contributed by atoms with E-state index in [1.165, 1.54) is 0 Å². The van der Waals surface area contributed by atoms with Gasteiger partial charge in [-0.25, -0.2) is 4.79 Å². The van der Waals surface area contributed by atoms with Crippen molar-refractivity contribution < 1.29 is 0 Å². The van der Waals surface area contributed by atoms with Crippen LogP contribution in [-0.4, -0.2) is 14.5 Å². The van der Waals surface area contributed by atoms with Crippen LogP contribution in [-0.2, 0) is 0 Å². The molecule has 0 bridgehead atoms. The molecular formula is C13H12BrN3O. The Morgan fingerprint density at radius 3 is 2.89 bits per heavy atom. The van der Waals surface area contributed by atoms with Crippen molar-refractivity contribution in [3.05, 3.63) is 39.4 Å². The van der Waals surface area contributed by atoms with Crippen LogP contribution in [0.3, 0.4) is 0 Å². The minimum atomic E-state index is -0.0886. The minimum absolute atomic E-state index is 0.0886. The summed E-state index contributed by atoms with van der Waals surface area (Å²) in [5.74, 6) is 0. The Bertz CT molecular complexity index is 801. The number of pyridine rings is 1. The van der Waals surface area contributed by atoms with Crippen LogP contribution >= 0.6 is 15.9 Å². The zero-order valence-corrected chi connectivity index (χ0v) is 11.7. The zero-order chi connectivity index (χ0) is 12.9. The molecule has 1 N–H and O–H groups in total. The summed E-state index contributed by atoms with van der Waals surface area (Å²) in [4.78, 5) is 19.2. The molecule has 3 rings (SSSR count). The third-order valence-corrected chi connectivity index (χ3v) is 3.51. The fourth-order valence-corrected chi connectivity index (χ4v) is 2.63. The molecule has 0 aliphatic heterocycles. The van der Waals surface area contributed by atoms with Gasteiger partial charge in [0.05, 0.1) is 22.7 Å². The smallest absolute Gasteiger partial charge is 0.304 e. The molecule has 92 valence electrons. The standard InChI is InChI=1S/C13H12BrN3O/c1-7(2)17-12-9-5-8(14)3-4-10(9)15-6-11(12)16-13(17)18/h3-7H,1-2H3,(H,16,18). The average Bonchev–Trinajstić information content (AvgIpc) is 2.65. The average molecular weight is 306 g/mol. The van der Waals surface area contributed by atoms with Gasteiger partial charge in [-0.2, -0.15) is 0 Å². The van der Waals surface area contributed by atoms with Crippen LogP contribution in [0.5, 0.6) is 0 Å². The molecule has 0 saturated heterocycles. The Balaban J connectivity index is 2.59. The maximum Gasteiger partial charge on any atom is 0.326 e. The summed E-state index contributed by atoms with van der Waals surface area (Å²) in [6, 6.07) is 6.00. The molecule has 2 aromatic heterocycles. The number of hydrogen-bond donors (Lipinski definition) is 1. The molecule has 0 spiro atoms. The molecule has 0 amide bonds. The second-order valence-corrected chi connectivity index (χ2v) is 5.49. The van der Waals surface area contributed by atoms with E-state index in [2.05, 4.69) is 25.9 Å². The van der Waals surface area contributed by atoms with Crippen LogP contribution in [0, 0.1) is 0 Å². The number of nitrogens with one attached hydrogen (secondary N) is 1. The zero-order valence-electron chi connectivity index (χ0n) is 10.1. The van der Waals surface area contributed by atoms with Gasteiger partial charge in [0.25, 0.3) is 0 Å². The topological polar surface area (TPSA) is 50.7 Å². The van der Waals surface area contributed by atoms with E-state index in [0.717, 1.165) is 26.4 Å². The Kier molecular flexibility index (Phi) is 2.52. The van der Waals surface area contributed by atoms with Crippen molar-refractivity contribution in [1.29, 1.82) is 0 Å². The molecule has 0 radical (unpaired) electrons. The maximum absolute atomic E-state index is 12.0. The van der Waals surface area contributed by atoms with Gasteiger partial charge < -0.3 is 4.98 Å². The molecular weight excluding hydrogens is 294 g/mol. The quantitative estimate of drug-likeness (QED) is 0.750. The van der Waals surface area contributed by atoms with Crippen molar-refractivity contribution in [2.45, 2.75) is 19.9 Å². The number of H-pyrrole nitrogens is 1. The fourth-order valence-electron chi connectivity index (χ4n) is 2.27. The summed E-state index contributed by atoms with van der Waals surface area (Å²) in [6.07, 6.45) is 1.71. The van der Waals surface area contributed by atoms with Gasteiger partial charge in [-0.05, 0) is 32.0 Å². The molecule has 4 nitrogen and oxygen atoms in total. The van der Waals surface area contributed by atoms with Crippen LogP contribution in [0.2, 0.25) is 0 Å². The number of hydrogen-bond acceptors (Lipinski definition) is 2. The van der Waals surface area contributed by atoms with Crippen molar-refractivity contribution in [3.8, 4) is 0 Å². The van der Waals surface area contributed by atoms with E-state index in [9.17, 15) is 4.79 Å². The van der Waals surface area contributed by atoms with Gasteiger partial charge in [0.15, 0.2) is 0 Å². The molecule has 3 aromatic rings. The second kappa shape index (κ2) is 3.95. The molecule has 1 aromatic carbocycles. The Labute approximate surface area is 112 Å². The number of imidazole rings is 1. The number of halogens is 1. The van der Waals surface area contributed by atoms with Gasteiger partial charge in [-0.15, -0.1) is 0 Å². The number of aromatic nitrogens is 3. The molecule has 2 heterocycles. The largest absolute Gasteiger partial charge is 0.326 e. The van der Waals surface area contributed by atoms with Gasteiger partial charge in [0.1, 0.15) is 0 Å². The summed E-state index contributed by atoms with van der Waals surface area (Å²) in [7, 11) is 0. The van der Waals surface area contributed by atoms with Crippen molar-refractivity contribution in [3.63, 3.8) is 0 Å². The highest BCUT2D eigenvalue weighted by Gasteiger charge is 2.13. The first kappa shape index (κ1) is 11.5. The molecule has 0 fully saturated rings. The second-order valence-electron chi connectivity index (χ2n) is 4.58. The number of nitrogens with zero attached hydrogens (tertiary/aromatic N) is 2. The SMILES string of the molecule is CC(C)n1c(=O)[nH]c2cnc3ccc(Br)cc3c21. The molecule has 0 saturated carbocycles. The van der Waals surface area contributed by atoms with Gasteiger partial charge in [-0.3, -0.25) is 9.55 Å². The first-order valence-corrected chi connectivity index (χ1v) is 6.55. The summed E-state index contributed by atoms with van der Waals surface area (Å²) in [5, 5.41) is 0.980. The molecule has 18 heavy (non-hydrogen) atoms. The molecule has 0 aliphatic rings. The molecule has 5 heteroatoms. The van der Waals surface area contributed by atoms with Crippen LogP contribution in [0.4, 0.5) is 0 Å². The van der Waals surface area contributed by atoms with E-state index in [4.69, 9.17) is 0 Å². The van der Waals surface area contributed by atoms with Gasteiger partial charge in [-0.1, -0.05) is 15.9 Å². The first-order valence-electron chi connectivity index (χ1n) is 5.76. The lowest BCUT2D eigenvalue weighted by molar-refractivity contribution is 0.599. The van der Waals surface area contributed by atoms with E-state index in [1.807, 2.05) is 32.0 Å². The molecule has 0 unspecified atom stereocenters. The fraction of sp³-hybridized carbons (Fsp3) is 0.231. The van der Waals surface area contributed by atoms with E-state index in [1.54, 1.807) is 10.8 Å². The van der Waals surface area contributed by atoms with Crippen LogP contribution in [0.15, 0.2) is 33.7 Å². The van der Waals surface area contributed by atoms with E-state index in [0.29, 0.717) is 0 Å². The first-order chi connectivity index (χ1) is 8.58. The van der Waals surface area contributed by atoms with Crippen molar-refractivity contribution in [2.24, 2.45) is 0 Å². The van der Waals surface area contributed by atoms with Crippen molar-refractivity contribution in [1.82, 2.24) is 14.5 Å². The summed E-state index contributed by atoms with van der Waals surface area (Å²) in [6.45, 7) is 4.00. The summed E-state index contributed by atoms with van der Waals surface area (Å²) >= 11 is 3.46. The van der Waals surface area contributed by atoms with Crippen molar-refractivity contribution in [2.75, 3.05) is 0 Å². The third kappa shape index (κ3) is 1.58. The lowest BCUT2D eigenvalue weighted by atomic mass is 10.2. The third-order valence-electron chi connectivity index (χ3n) is 3.02. The summed E-state index contributed by atoms with van der Waals surface area (Å²) < 4.78 is 2.75. The van der Waals surface area contributed by atoms with Gasteiger partial charge >= 0.3 is 5.69 Å². The van der Waals surface area contributed by atoms with Crippen LogP contribution in [0.1, 0.15) is 19.9 Å². The Hall–Kier alpha value is -1.62. The van der Waals surface area contributed by atoms with E-state index >= 15 is 0 Å². The van der Waals surface area contributed by atoms with Crippen LogP contribution in [0.25, 0.3) is 21.9 Å². The monoisotopic (exact) mass is 305 g/mol. The lowest BCUT2D eigenvalue weighted by Crippen LogP contribution is -2.18. The highest BCUT2D eigenvalue weighted by atomic mass is 79.9. The highest BCUT2D eigenvalue weighted by Crippen LogP contribution is 2.26. The molecule has 0 atom stereocenters. The van der Waals surface area contributed by atoms with Crippen molar-refractivity contribution >= 4 is 37.9 Å². The lowest BCUT2D eigenvalue weighted by Gasteiger charge is -2.08. The Morgan fingerprint density at radius 1 is 1.39 bits per heavy atom. The predicted molar refractivity (Wildman–Crippen MR) is 75.9 cm³/mol. The molecule has 0 aliphatic carbocycles. The predicted octanol–water partition coefficient (Wildman–Crippen LogP) is 3.22. The number of fused-ring (bicyclic) bond motifs is 3. The van der Waals surface area contributed by atoms with Gasteiger partial charge in [0.2, 0.25) is 0 Å². The van der Waals surface area contributed by atoms with Crippen LogP contribution < -0.4 is 5.69 Å². The summed E-state index contributed by atoms with van der Waals surface area (Å²) in [5.41, 5.74) is 2.49. The minimum Gasteiger partial charge on any atom is -0.304 e. The maximum atomic E-state index is 12.0. The number of rotatable bonds is 1. The number of aromatic amines is 1. The highest BCUT2D eigenvalue weighted by molar-refractivity contribution is 9.10. The Morgan fingerprint density at radius 2 is 2.17 bits per heavy atom. The van der Waals surface area contributed by atoms with E-state index in [-0.39, 0.29) is 11.7 Å². The number of benzene rings is 1. The van der Waals surface area contributed by atoms with Gasteiger partial charge in [0, 0.05) is 15.9 Å².